The molecule has 0 aliphatic rings. The van der Waals surface area contributed by atoms with Crippen LogP contribution in [0.5, 0.6) is 0 Å². The molecule has 0 atom stereocenters. The average Bonchev–Trinajstić information content (AvgIpc) is 2.82. The smallest absolute Gasteiger partial charge is 0.221 e. The highest BCUT2D eigenvalue weighted by Crippen LogP contribution is 2.27. The van der Waals surface area contributed by atoms with Crippen molar-refractivity contribution in [2.75, 3.05) is 5.73 Å². The zero-order valence-electron chi connectivity index (χ0n) is 8.68. The molecule has 0 saturated heterocycles. The van der Waals surface area contributed by atoms with Crippen LogP contribution in [0.2, 0.25) is 0 Å². The first kappa shape index (κ1) is 10.2. The number of aromatic amines is 1. The first-order valence-electron chi connectivity index (χ1n) is 4.96. The number of nitrogen functional groups attached to an aromatic ring is 1. The quantitative estimate of drug-likeness (QED) is 0.721. The minimum Gasteiger partial charge on any atom is -0.368 e. The molecule has 2 heterocycles. The summed E-state index contributed by atoms with van der Waals surface area (Å²) in [7, 11) is 0. The van der Waals surface area contributed by atoms with E-state index in [0.717, 1.165) is 26.8 Å². The normalized spacial score (nSPS) is 10.9. The second-order valence-corrected chi connectivity index (χ2v) is 4.48. The van der Waals surface area contributed by atoms with Gasteiger partial charge in [-0.2, -0.15) is 5.10 Å². The van der Waals surface area contributed by atoms with Crippen LogP contribution in [0.1, 0.15) is 0 Å². The van der Waals surface area contributed by atoms with Gasteiger partial charge in [0.15, 0.2) is 0 Å². The fourth-order valence-corrected chi connectivity index (χ4v) is 2.07. The van der Waals surface area contributed by atoms with Crippen molar-refractivity contribution in [2.24, 2.45) is 0 Å². The molecule has 3 rings (SSSR count). The Morgan fingerprint density at radius 3 is 2.82 bits per heavy atom. The molecule has 84 valence electrons. The van der Waals surface area contributed by atoms with Crippen molar-refractivity contribution in [1.29, 1.82) is 0 Å². The fourth-order valence-electron chi connectivity index (χ4n) is 1.71. The van der Waals surface area contributed by atoms with Gasteiger partial charge in [-0.15, -0.1) is 0 Å². The molecule has 5 nitrogen and oxygen atoms in total. The largest absolute Gasteiger partial charge is 0.368 e. The number of aromatic nitrogens is 4. The molecule has 0 amide bonds. The van der Waals surface area contributed by atoms with E-state index < -0.39 is 0 Å². The van der Waals surface area contributed by atoms with Crippen molar-refractivity contribution in [1.82, 2.24) is 20.2 Å². The average molecular weight is 290 g/mol. The summed E-state index contributed by atoms with van der Waals surface area (Å²) in [6.07, 6.45) is 1.68. The van der Waals surface area contributed by atoms with Crippen LogP contribution >= 0.6 is 15.9 Å². The van der Waals surface area contributed by atoms with E-state index in [-0.39, 0.29) is 5.95 Å². The lowest BCUT2D eigenvalue weighted by molar-refractivity contribution is 1.09. The van der Waals surface area contributed by atoms with E-state index >= 15 is 0 Å². The minimum atomic E-state index is 0.254. The molecule has 0 saturated carbocycles. The Morgan fingerprint density at radius 2 is 2.06 bits per heavy atom. The van der Waals surface area contributed by atoms with Gasteiger partial charge in [0.1, 0.15) is 5.69 Å². The fraction of sp³-hybridized carbons (Fsp3) is 0. The maximum absolute atomic E-state index is 5.70. The van der Waals surface area contributed by atoms with Crippen molar-refractivity contribution in [3.8, 4) is 11.4 Å². The predicted octanol–water partition coefficient (Wildman–Crippen LogP) is 2.36. The van der Waals surface area contributed by atoms with Gasteiger partial charge in [-0.05, 0) is 24.3 Å². The topological polar surface area (TPSA) is 80.5 Å². The van der Waals surface area contributed by atoms with E-state index in [4.69, 9.17) is 5.73 Å². The number of nitrogens with one attached hydrogen (secondary N) is 1. The van der Waals surface area contributed by atoms with Gasteiger partial charge in [-0.25, -0.2) is 9.97 Å². The van der Waals surface area contributed by atoms with E-state index in [1.54, 1.807) is 6.20 Å². The molecule has 17 heavy (non-hydrogen) atoms. The van der Waals surface area contributed by atoms with Gasteiger partial charge in [-0.3, -0.25) is 5.10 Å². The first-order valence-corrected chi connectivity index (χ1v) is 5.76. The molecular formula is C11H8BrN5. The summed E-state index contributed by atoms with van der Waals surface area (Å²) < 4.78 is 0.971. The first-order chi connectivity index (χ1) is 8.24. The number of hydrogen-bond donors (Lipinski definition) is 2. The summed E-state index contributed by atoms with van der Waals surface area (Å²) in [6, 6.07) is 7.63. The number of benzene rings is 1. The molecule has 0 bridgehead atoms. The van der Waals surface area contributed by atoms with Gasteiger partial charge < -0.3 is 5.73 Å². The van der Waals surface area contributed by atoms with Crippen molar-refractivity contribution in [3.05, 3.63) is 34.9 Å². The Kier molecular flexibility index (Phi) is 2.29. The van der Waals surface area contributed by atoms with Gasteiger partial charge >= 0.3 is 0 Å². The Labute approximate surface area is 105 Å². The van der Waals surface area contributed by atoms with Gasteiger partial charge in [0.25, 0.3) is 0 Å². The number of rotatable bonds is 1. The molecule has 3 N–H and O–H groups in total. The van der Waals surface area contributed by atoms with Gasteiger partial charge in [-0.1, -0.05) is 15.9 Å². The molecule has 1 aromatic carbocycles. The number of fused-ring (bicyclic) bond motifs is 1. The van der Waals surface area contributed by atoms with Crippen LogP contribution in [-0.2, 0) is 0 Å². The Morgan fingerprint density at radius 1 is 1.18 bits per heavy atom. The number of hydrogen-bond acceptors (Lipinski definition) is 4. The lowest BCUT2D eigenvalue weighted by Gasteiger charge is -2.05. The third-order valence-corrected chi connectivity index (χ3v) is 2.92. The van der Waals surface area contributed by atoms with Gasteiger partial charge in [0.2, 0.25) is 5.95 Å². The molecule has 0 spiro atoms. The summed E-state index contributed by atoms with van der Waals surface area (Å²) in [6.45, 7) is 0. The Bertz CT molecular complexity index is 678. The van der Waals surface area contributed by atoms with Crippen LogP contribution in [-0.4, -0.2) is 20.2 Å². The highest BCUT2D eigenvalue weighted by molar-refractivity contribution is 9.10. The van der Waals surface area contributed by atoms with Crippen LogP contribution in [0.4, 0.5) is 5.95 Å². The molecular weight excluding hydrogens is 282 g/mol. The van der Waals surface area contributed by atoms with Crippen LogP contribution in [0.25, 0.3) is 22.3 Å². The van der Waals surface area contributed by atoms with Crippen LogP contribution in [0.3, 0.4) is 0 Å². The van der Waals surface area contributed by atoms with Gasteiger partial charge in [0.05, 0.1) is 11.2 Å². The number of nitrogens with two attached hydrogens (primary N) is 1. The van der Waals surface area contributed by atoms with Gasteiger partial charge in [0, 0.05) is 16.1 Å². The van der Waals surface area contributed by atoms with E-state index in [1.807, 2.05) is 24.3 Å². The zero-order chi connectivity index (χ0) is 11.8. The minimum absolute atomic E-state index is 0.254. The lowest BCUT2D eigenvalue weighted by atomic mass is 10.1. The third kappa shape index (κ3) is 1.76. The Balaban J connectivity index is 2.39. The monoisotopic (exact) mass is 289 g/mol. The summed E-state index contributed by atoms with van der Waals surface area (Å²) in [5.41, 5.74) is 8.09. The second kappa shape index (κ2) is 3.81. The summed E-state index contributed by atoms with van der Waals surface area (Å²) >= 11 is 3.44. The van der Waals surface area contributed by atoms with Crippen LogP contribution in [0.15, 0.2) is 34.9 Å². The summed E-state index contributed by atoms with van der Waals surface area (Å²) in [5, 5.41) is 7.73. The maximum atomic E-state index is 5.70. The highest BCUT2D eigenvalue weighted by Gasteiger charge is 2.09. The third-order valence-electron chi connectivity index (χ3n) is 2.43. The molecule has 0 aliphatic heterocycles. The zero-order valence-corrected chi connectivity index (χ0v) is 10.3. The van der Waals surface area contributed by atoms with E-state index in [2.05, 4.69) is 36.1 Å². The highest BCUT2D eigenvalue weighted by atomic mass is 79.9. The van der Waals surface area contributed by atoms with Crippen molar-refractivity contribution >= 4 is 32.8 Å². The molecule has 6 heteroatoms. The number of halogens is 1. The lowest BCUT2D eigenvalue weighted by Crippen LogP contribution is -1.98. The predicted molar refractivity (Wildman–Crippen MR) is 69.2 cm³/mol. The van der Waals surface area contributed by atoms with Crippen molar-refractivity contribution in [2.45, 2.75) is 0 Å². The van der Waals surface area contributed by atoms with E-state index in [0.29, 0.717) is 0 Å². The molecule has 3 aromatic rings. The van der Waals surface area contributed by atoms with E-state index in [9.17, 15) is 0 Å². The van der Waals surface area contributed by atoms with Crippen LogP contribution < -0.4 is 5.73 Å². The molecule has 0 radical (unpaired) electrons. The Hall–Kier alpha value is -1.95. The molecule has 0 fully saturated rings. The summed E-state index contributed by atoms with van der Waals surface area (Å²) in [4.78, 5) is 8.46. The number of anilines is 1. The second-order valence-electron chi connectivity index (χ2n) is 3.56. The summed E-state index contributed by atoms with van der Waals surface area (Å²) in [5.74, 6) is 0.254. The van der Waals surface area contributed by atoms with Crippen molar-refractivity contribution in [3.63, 3.8) is 0 Å². The standard InChI is InChI=1S/C11H8BrN5/c12-6-1-2-8-7(5-6)10(16-11(13)15-8)9-3-4-14-17-9/h1-5H,(H,14,17)(H2,13,15,16). The molecule has 0 unspecified atom stereocenters. The number of H-pyrrole nitrogens is 1. The van der Waals surface area contributed by atoms with Crippen LogP contribution in [0, 0.1) is 0 Å². The van der Waals surface area contributed by atoms with Crippen molar-refractivity contribution < 1.29 is 0 Å². The SMILES string of the molecule is Nc1nc(-c2ccn[nH]2)c2cc(Br)ccc2n1. The maximum Gasteiger partial charge on any atom is 0.221 e. The van der Waals surface area contributed by atoms with E-state index in [1.165, 1.54) is 0 Å². The number of nitrogens with zero attached hydrogens (tertiary/aromatic N) is 3. The molecule has 2 aromatic heterocycles. The molecule has 0 aliphatic carbocycles.